The van der Waals surface area contributed by atoms with Gasteiger partial charge in [0.25, 0.3) is 9.05 Å². The number of aromatic nitrogens is 2. The highest BCUT2D eigenvalue weighted by Gasteiger charge is 2.12. The van der Waals surface area contributed by atoms with Gasteiger partial charge in [-0.1, -0.05) is 35.3 Å². The summed E-state index contributed by atoms with van der Waals surface area (Å²) in [6.45, 7) is 0. The predicted molar refractivity (Wildman–Crippen MR) is 70.5 cm³/mol. The van der Waals surface area contributed by atoms with E-state index in [2.05, 4.69) is 9.97 Å². The standard InChI is InChI=1S/C10H5Cl3N2O2S/c11-8-5-9(12)15-10(14-8)6-2-1-3-7(4-6)18(13,16)17/h1-5H. The van der Waals surface area contributed by atoms with Crippen LogP contribution in [0.25, 0.3) is 11.4 Å². The van der Waals surface area contributed by atoms with Crippen LogP contribution in [0.4, 0.5) is 0 Å². The van der Waals surface area contributed by atoms with E-state index in [9.17, 15) is 8.42 Å². The van der Waals surface area contributed by atoms with Crippen molar-refractivity contribution in [1.29, 1.82) is 0 Å². The van der Waals surface area contributed by atoms with Gasteiger partial charge in [0, 0.05) is 22.3 Å². The predicted octanol–water partition coefficient (Wildman–Crippen LogP) is 3.38. The number of hydrogen-bond donors (Lipinski definition) is 0. The van der Waals surface area contributed by atoms with Crippen LogP contribution < -0.4 is 0 Å². The summed E-state index contributed by atoms with van der Waals surface area (Å²) in [7, 11) is 1.46. The highest BCUT2D eigenvalue weighted by molar-refractivity contribution is 8.13. The van der Waals surface area contributed by atoms with Crippen LogP contribution in [0, 0.1) is 0 Å². The molecule has 0 bridgehead atoms. The van der Waals surface area contributed by atoms with Crippen LogP contribution in [0.2, 0.25) is 10.3 Å². The molecule has 0 atom stereocenters. The monoisotopic (exact) mass is 322 g/mol. The lowest BCUT2D eigenvalue weighted by molar-refractivity contribution is 0.609. The largest absolute Gasteiger partial charge is 0.261 e. The highest BCUT2D eigenvalue weighted by atomic mass is 35.7. The van der Waals surface area contributed by atoms with Gasteiger partial charge in [0.1, 0.15) is 10.3 Å². The van der Waals surface area contributed by atoms with Gasteiger partial charge in [0.15, 0.2) is 5.82 Å². The van der Waals surface area contributed by atoms with Crippen LogP contribution in [0.1, 0.15) is 0 Å². The minimum Gasteiger partial charge on any atom is -0.216 e. The quantitative estimate of drug-likeness (QED) is 0.628. The van der Waals surface area contributed by atoms with Crippen molar-refractivity contribution in [3.63, 3.8) is 0 Å². The Kier molecular flexibility index (Phi) is 3.77. The normalized spacial score (nSPS) is 11.5. The summed E-state index contributed by atoms with van der Waals surface area (Å²) in [5, 5.41) is 0.341. The molecule has 1 aromatic heterocycles. The molecule has 0 spiro atoms. The van der Waals surface area contributed by atoms with Gasteiger partial charge in [-0.05, 0) is 12.1 Å². The molecule has 0 unspecified atom stereocenters. The molecule has 0 N–H and O–H groups in total. The maximum Gasteiger partial charge on any atom is 0.261 e. The summed E-state index contributed by atoms with van der Waals surface area (Å²) in [6, 6.07) is 7.27. The zero-order valence-electron chi connectivity index (χ0n) is 8.64. The minimum atomic E-state index is -3.80. The van der Waals surface area contributed by atoms with Crippen LogP contribution in [-0.2, 0) is 9.05 Å². The number of halogens is 3. The first-order valence-electron chi connectivity index (χ1n) is 4.61. The molecule has 0 radical (unpaired) electrons. The molecule has 0 aliphatic rings. The first-order valence-corrected chi connectivity index (χ1v) is 7.68. The number of benzene rings is 1. The van der Waals surface area contributed by atoms with E-state index in [0.29, 0.717) is 5.56 Å². The van der Waals surface area contributed by atoms with E-state index < -0.39 is 9.05 Å². The van der Waals surface area contributed by atoms with E-state index >= 15 is 0 Å². The second kappa shape index (κ2) is 5.01. The lowest BCUT2D eigenvalue weighted by Crippen LogP contribution is -1.94. The topological polar surface area (TPSA) is 59.9 Å². The SMILES string of the molecule is O=S(=O)(Cl)c1cccc(-c2nc(Cl)cc(Cl)n2)c1. The lowest BCUT2D eigenvalue weighted by Gasteiger charge is -2.03. The van der Waals surface area contributed by atoms with Crippen molar-refractivity contribution in [2.24, 2.45) is 0 Å². The average molecular weight is 324 g/mol. The first kappa shape index (κ1) is 13.5. The van der Waals surface area contributed by atoms with Crippen molar-refractivity contribution in [3.05, 3.63) is 40.6 Å². The molecule has 0 fully saturated rings. The van der Waals surface area contributed by atoms with E-state index in [-0.39, 0.29) is 21.0 Å². The fraction of sp³-hybridized carbons (Fsp3) is 0. The fourth-order valence-electron chi connectivity index (χ4n) is 1.31. The minimum absolute atomic E-state index is 0.0404. The maximum absolute atomic E-state index is 11.2. The van der Waals surface area contributed by atoms with Crippen LogP contribution in [-0.4, -0.2) is 18.4 Å². The molecule has 0 saturated heterocycles. The van der Waals surface area contributed by atoms with Crippen LogP contribution in [0.5, 0.6) is 0 Å². The fourth-order valence-corrected chi connectivity index (χ4v) is 2.53. The molecular weight excluding hydrogens is 319 g/mol. The van der Waals surface area contributed by atoms with Gasteiger partial charge in [-0.2, -0.15) is 0 Å². The van der Waals surface area contributed by atoms with Crippen LogP contribution >= 0.6 is 33.9 Å². The van der Waals surface area contributed by atoms with E-state index in [0.717, 1.165) is 0 Å². The third-order valence-corrected chi connectivity index (χ3v) is 3.78. The summed E-state index contributed by atoms with van der Waals surface area (Å²) >= 11 is 11.5. The van der Waals surface area contributed by atoms with Gasteiger partial charge in [0.05, 0.1) is 4.90 Å². The molecule has 18 heavy (non-hydrogen) atoms. The van der Waals surface area contributed by atoms with Crippen LogP contribution in [0.3, 0.4) is 0 Å². The highest BCUT2D eigenvalue weighted by Crippen LogP contribution is 2.24. The summed E-state index contributed by atoms with van der Waals surface area (Å²) in [5.41, 5.74) is 0.459. The third-order valence-electron chi connectivity index (χ3n) is 2.04. The Bertz CT molecular complexity index is 684. The summed E-state index contributed by atoms with van der Waals surface area (Å²) in [5.74, 6) is 0.231. The van der Waals surface area contributed by atoms with Crippen LogP contribution in [0.15, 0.2) is 35.2 Å². The summed E-state index contributed by atoms with van der Waals surface area (Å²) < 4.78 is 22.4. The van der Waals surface area contributed by atoms with Gasteiger partial charge in [-0.15, -0.1) is 0 Å². The van der Waals surface area contributed by atoms with Gasteiger partial charge in [0.2, 0.25) is 0 Å². The lowest BCUT2D eigenvalue weighted by atomic mass is 10.2. The Labute approximate surface area is 118 Å². The van der Waals surface area contributed by atoms with E-state index in [4.69, 9.17) is 33.9 Å². The molecule has 2 aromatic rings. The molecule has 0 amide bonds. The molecule has 2 rings (SSSR count). The number of hydrogen-bond acceptors (Lipinski definition) is 4. The van der Waals surface area contributed by atoms with Gasteiger partial charge < -0.3 is 0 Å². The van der Waals surface area contributed by atoms with Gasteiger partial charge in [-0.25, -0.2) is 18.4 Å². The molecule has 4 nitrogen and oxygen atoms in total. The molecule has 0 aliphatic carbocycles. The Morgan fingerprint density at radius 2 is 1.61 bits per heavy atom. The number of nitrogens with zero attached hydrogens (tertiary/aromatic N) is 2. The molecule has 0 aliphatic heterocycles. The van der Waals surface area contributed by atoms with Crippen molar-refractivity contribution in [3.8, 4) is 11.4 Å². The summed E-state index contributed by atoms with van der Waals surface area (Å²) in [4.78, 5) is 7.88. The van der Waals surface area contributed by atoms with Crippen molar-refractivity contribution in [2.75, 3.05) is 0 Å². The maximum atomic E-state index is 11.2. The van der Waals surface area contributed by atoms with E-state index in [1.165, 1.54) is 24.3 Å². The Hall–Kier alpha value is -0.880. The van der Waals surface area contributed by atoms with Gasteiger partial charge >= 0.3 is 0 Å². The molecule has 8 heteroatoms. The molecule has 1 heterocycles. The van der Waals surface area contributed by atoms with Gasteiger partial charge in [-0.3, -0.25) is 0 Å². The second-order valence-electron chi connectivity index (χ2n) is 3.30. The Balaban J connectivity index is 2.58. The Morgan fingerprint density at radius 1 is 1.00 bits per heavy atom. The van der Waals surface area contributed by atoms with Crippen molar-refractivity contribution in [2.45, 2.75) is 4.90 Å². The zero-order valence-corrected chi connectivity index (χ0v) is 11.7. The van der Waals surface area contributed by atoms with E-state index in [1.807, 2.05) is 0 Å². The second-order valence-corrected chi connectivity index (χ2v) is 6.64. The third kappa shape index (κ3) is 3.11. The smallest absolute Gasteiger partial charge is 0.216 e. The van der Waals surface area contributed by atoms with E-state index in [1.54, 1.807) is 6.07 Å². The number of rotatable bonds is 2. The zero-order chi connectivity index (χ0) is 13.3. The Morgan fingerprint density at radius 3 is 2.17 bits per heavy atom. The molecular formula is C10H5Cl3N2O2S. The molecule has 94 valence electrons. The van der Waals surface area contributed by atoms with Crippen molar-refractivity contribution < 1.29 is 8.42 Å². The average Bonchev–Trinajstić information content (AvgIpc) is 2.27. The van der Waals surface area contributed by atoms with Crippen molar-refractivity contribution >= 4 is 42.9 Å². The van der Waals surface area contributed by atoms with Crippen molar-refractivity contribution in [1.82, 2.24) is 9.97 Å². The summed E-state index contributed by atoms with van der Waals surface area (Å²) in [6.07, 6.45) is 0. The molecule has 0 saturated carbocycles. The molecule has 1 aromatic carbocycles. The first-order chi connectivity index (χ1) is 8.36.